The Morgan fingerprint density at radius 2 is 1.62 bits per heavy atom. The standard InChI is InChI=1S/C18H31NO2/c1-4-5-6-7-8-9-10-16(19)13-15-11-12-17(20-2)18(14-15)21-3/h11-12,14,16H,4-10,13,19H2,1-3H3. The minimum atomic E-state index is 0.231. The lowest BCUT2D eigenvalue weighted by molar-refractivity contribution is 0.354. The molecule has 0 aliphatic heterocycles. The monoisotopic (exact) mass is 293 g/mol. The molecular formula is C18H31NO2. The van der Waals surface area contributed by atoms with Crippen LogP contribution in [0.1, 0.15) is 57.4 Å². The first kappa shape index (κ1) is 17.8. The second-order valence-electron chi connectivity index (χ2n) is 5.71. The number of unbranched alkanes of at least 4 members (excludes halogenated alkanes) is 5. The Morgan fingerprint density at radius 1 is 0.952 bits per heavy atom. The van der Waals surface area contributed by atoms with E-state index in [4.69, 9.17) is 15.2 Å². The fourth-order valence-corrected chi connectivity index (χ4v) is 2.60. The number of hydrogen-bond acceptors (Lipinski definition) is 3. The second-order valence-corrected chi connectivity index (χ2v) is 5.71. The maximum Gasteiger partial charge on any atom is 0.160 e. The van der Waals surface area contributed by atoms with Crippen molar-refractivity contribution in [1.82, 2.24) is 0 Å². The van der Waals surface area contributed by atoms with Gasteiger partial charge in [-0.05, 0) is 30.5 Å². The van der Waals surface area contributed by atoms with E-state index in [0.717, 1.165) is 24.3 Å². The third-order valence-corrected chi connectivity index (χ3v) is 3.87. The quantitative estimate of drug-likeness (QED) is 0.618. The normalized spacial score (nSPS) is 12.2. The lowest BCUT2D eigenvalue weighted by Crippen LogP contribution is -2.22. The van der Waals surface area contributed by atoms with Crippen molar-refractivity contribution in [1.29, 1.82) is 0 Å². The largest absolute Gasteiger partial charge is 0.493 e. The molecule has 0 saturated heterocycles. The van der Waals surface area contributed by atoms with Crippen molar-refractivity contribution in [2.75, 3.05) is 14.2 Å². The maximum absolute atomic E-state index is 6.24. The Bertz CT molecular complexity index is 393. The van der Waals surface area contributed by atoms with Crippen molar-refractivity contribution in [3.8, 4) is 11.5 Å². The molecule has 0 fully saturated rings. The van der Waals surface area contributed by atoms with Gasteiger partial charge in [0.2, 0.25) is 0 Å². The van der Waals surface area contributed by atoms with Gasteiger partial charge in [-0.3, -0.25) is 0 Å². The smallest absolute Gasteiger partial charge is 0.160 e. The van der Waals surface area contributed by atoms with Gasteiger partial charge in [-0.2, -0.15) is 0 Å². The van der Waals surface area contributed by atoms with Gasteiger partial charge < -0.3 is 15.2 Å². The first-order chi connectivity index (χ1) is 10.2. The molecule has 120 valence electrons. The summed E-state index contributed by atoms with van der Waals surface area (Å²) in [6.07, 6.45) is 9.91. The number of methoxy groups -OCH3 is 2. The SMILES string of the molecule is CCCCCCCCC(N)Cc1ccc(OC)c(OC)c1. The van der Waals surface area contributed by atoms with Gasteiger partial charge in [0.15, 0.2) is 11.5 Å². The van der Waals surface area contributed by atoms with E-state index in [1.807, 2.05) is 12.1 Å². The van der Waals surface area contributed by atoms with Crippen molar-refractivity contribution in [3.63, 3.8) is 0 Å². The first-order valence-corrected chi connectivity index (χ1v) is 8.17. The summed E-state index contributed by atoms with van der Waals surface area (Å²) in [4.78, 5) is 0. The van der Waals surface area contributed by atoms with Crippen molar-refractivity contribution in [2.24, 2.45) is 5.73 Å². The average molecular weight is 293 g/mol. The summed E-state index contributed by atoms with van der Waals surface area (Å²) in [5.41, 5.74) is 7.45. The Hall–Kier alpha value is -1.22. The van der Waals surface area contributed by atoms with Crippen LogP contribution in [0, 0.1) is 0 Å². The van der Waals surface area contributed by atoms with Gasteiger partial charge >= 0.3 is 0 Å². The van der Waals surface area contributed by atoms with Crippen LogP contribution >= 0.6 is 0 Å². The fraction of sp³-hybridized carbons (Fsp3) is 0.667. The van der Waals surface area contributed by atoms with Crippen LogP contribution in [0.2, 0.25) is 0 Å². The van der Waals surface area contributed by atoms with E-state index in [0.29, 0.717) is 0 Å². The molecule has 0 aliphatic rings. The zero-order valence-corrected chi connectivity index (χ0v) is 13.9. The predicted molar refractivity (Wildman–Crippen MR) is 89.2 cm³/mol. The number of rotatable bonds is 11. The molecule has 0 saturated carbocycles. The molecule has 3 nitrogen and oxygen atoms in total. The lowest BCUT2D eigenvalue weighted by atomic mass is 10.00. The highest BCUT2D eigenvalue weighted by molar-refractivity contribution is 5.43. The molecule has 21 heavy (non-hydrogen) atoms. The molecule has 1 aromatic carbocycles. The number of benzene rings is 1. The summed E-state index contributed by atoms with van der Waals surface area (Å²) in [5, 5.41) is 0. The van der Waals surface area contributed by atoms with Gasteiger partial charge in [0, 0.05) is 6.04 Å². The predicted octanol–water partition coefficient (Wildman–Crippen LogP) is 4.32. The fourth-order valence-electron chi connectivity index (χ4n) is 2.60. The van der Waals surface area contributed by atoms with E-state index in [1.54, 1.807) is 14.2 Å². The highest BCUT2D eigenvalue weighted by atomic mass is 16.5. The Morgan fingerprint density at radius 3 is 2.29 bits per heavy atom. The topological polar surface area (TPSA) is 44.5 Å². The zero-order valence-electron chi connectivity index (χ0n) is 13.9. The minimum absolute atomic E-state index is 0.231. The van der Waals surface area contributed by atoms with Crippen molar-refractivity contribution >= 4 is 0 Å². The summed E-state index contributed by atoms with van der Waals surface area (Å²) < 4.78 is 10.6. The molecule has 1 atom stereocenters. The molecule has 0 radical (unpaired) electrons. The van der Waals surface area contributed by atoms with E-state index in [-0.39, 0.29) is 6.04 Å². The molecule has 0 aromatic heterocycles. The van der Waals surface area contributed by atoms with Crippen LogP contribution in [0.4, 0.5) is 0 Å². The van der Waals surface area contributed by atoms with Crippen LogP contribution in [0.3, 0.4) is 0 Å². The zero-order chi connectivity index (χ0) is 15.5. The van der Waals surface area contributed by atoms with Crippen molar-refractivity contribution in [2.45, 2.75) is 64.3 Å². The molecule has 1 unspecified atom stereocenters. The van der Waals surface area contributed by atoms with Crippen LogP contribution in [0.5, 0.6) is 11.5 Å². The van der Waals surface area contributed by atoms with Crippen LogP contribution in [-0.4, -0.2) is 20.3 Å². The molecule has 1 aromatic rings. The average Bonchev–Trinajstić information content (AvgIpc) is 2.50. The van der Waals surface area contributed by atoms with Gasteiger partial charge in [0.05, 0.1) is 14.2 Å². The molecule has 0 amide bonds. The molecule has 2 N–H and O–H groups in total. The van der Waals surface area contributed by atoms with Gasteiger partial charge in [-0.15, -0.1) is 0 Å². The van der Waals surface area contributed by atoms with E-state index < -0.39 is 0 Å². The molecule has 1 rings (SSSR count). The molecule has 0 aliphatic carbocycles. The number of ether oxygens (including phenoxy) is 2. The molecule has 0 spiro atoms. The summed E-state index contributed by atoms with van der Waals surface area (Å²) in [5.74, 6) is 1.55. The van der Waals surface area contributed by atoms with Crippen molar-refractivity contribution in [3.05, 3.63) is 23.8 Å². The van der Waals surface area contributed by atoms with Crippen molar-refractivity contribution < 1.29 is 9.47 Å². The summed E-state index contributed by atoms with van der Waals surface area (Å²) >= 11 is 0. The third-order valence-electron chi connectivity index (χ3n) is 3.87. The summed E-state index contributed by atoms with van der Waals surface area (Å²) in [6.45, 7) is 2.25. The molecule has 0 bridgehead atoms. The first-order valence-electron chi connectivity index (χ1n) is 8.17. The molecule has 0 heterocycles. The lowest BCUT2D eigenvalue weighted by Gasteiger charge is -2.14. The van der Waals surface area contributed by atoms with Gasteiger partial charge in [0.1, 0.15) is 0 Å². The summed E-state index contributed by atoms with van der Waals surface area (Å²) in [6, 6.07) is 6.28. The maximum atomic E-state index is 6.24. The van der Waals surface area contributed by atoms with Crippen LogP contribution in [-0.2, 0) is 6.42 Å². The highest BCUT2D eigenvalue weighted by Crippen LogP contribution is 2.28. The Kier molecular flexibility index (Phi) is 8.91. The van der Waals surface area contributed by atoms with E-state index in [1.165, 1.54) is 44.1 Å². The van der Waals surface area contributed by atoms with Gasteiger partial charge in [-0.1, -0.05) is 51.5 Å². The highest BCUT2D eigenvalue weighted by Gasteiger charge is 2.08. The van der Waals surface area contributed by atoms with E-state index in [2.05, 4.69) is 13.0 Å². The van der Waals surface area contributed by atoms with Crippen LogP contribution < -0.4 is 15.2 Å². The second kappa shape index (κ2) is 10.5. The Labute approximate surface area is 129 Å². The number of nitrogens with two attached hydrogens (primary N) is 1. The summed E-state index contributed by atoms with van der Waals surface area (Å²) in [7, 11) is 3.32. The van der Waals surface area contributed by atoms with Crippen LogP contribution in [0.15, 0.2) is 18.2 Å². The Balaban J connectivity index is 2.32. The molecular weight excluding hydrogens is 262 g/mol. The van der Waals surface area contributed by atoms with Gasteiger partial charge in [0.25, 0.3) is 0 Å². The minimum Gasteiger partial charge on any atom is -0.493 e. The third kappa shape index (κ3) is 6.85. The number of hydrogen-bond donors (Lipinski definition) is 1. The van der Waals surface area contributed by atoms with E-state index >= 15 is 0 Å². The molecule has 3 heteroatoms. The van der Waals surface area contributed by atoms with E-state index in [9.17, 15) is 0 Å². The van der Waals surface area contributed by atoms with Gasteiger partial charge in [-0.25, -0.2) is 0 Å². The van der Waals surface area contributed by atoms with Crippen LogP contribution in [0.25, 0.3) is 0 Å².